The molecule has 2 aromatic rings. The van der Waals surface area contributed by atoms with E-state index in [1.165, 1.54) is 12.1 Å². The van der Waals surface area contributed by atoms with Gasteiger partial charge in [-0.3, -0.25) is 10.1 Å². The van der Waals surface area contributed by atoms with E-state index in [0.29, 0.717) is 5.89 Å². The predicted octanol–water partition coefficient (Wildman–Crippen LogP) is 3.06. The van der Waals surface area contributed by atoms with Gasteiger partial charge in [0.25, 0.3) is 5.69 Å². The van der Waals surface area contributed by atoms with Crippen molar-refractivity contribution < 1.29 is 9.34 Å². The van der Waals surface area contributed by atoms with Crippen molar-refractivity contribution in [3.63, 3.8) is 0 Å². The summed E-state index contributed by atoms with van der Waals surface area (Å²) in [6.07, 6.45) is 1.66. The van der Waals surface area contributed by atoms with Gasteiger partial charge >= 0.3 is 0 Å². The first kappa shape index (κ1) is 12.1. The Morgan fingerprint density at radius 1 is 1.39 bits per heavy atom. The smallest absolute Gasteiger partial charge is 0.269 e. The van der Waals surface area contributed by atoms with E-state index in [1.54, 1.807) is 18.3 Å². The predicted molar refractivity (Wildman–Crippen MR) is 66.4 cm³/mol. The maximum absolute atomic E-state index is 10.5. The number of aryl methyl sites for hydroxylation is 1. The highest BCUT2D eigenvalue weighted by Crippen LogP contribution is 2.21. The average Bonchev–Trinajstić information content (AvgIpc) is 2.76. The molecule has 2 rings (SSSR count). The number of nitro groups is 1. The molecular weight excluding hydrogens is 234 g/mol. The Kier molecular flexibility index (Phi) is 3.27. The summed E-state index contributed by atoms with van der Waals surface area (Å²) in [4.78, 5) is 14.2. The number of aromatic nitrogens is 1. The van der Waals surface area contributed by atoms with Crippen LogP contribution in [-0.4, -0.2) is 9.91 Å². The minimum Gasteiger partial charge on any atom is -0.444 e. The number of benzene rings is 1. The van der Waals surface area contributed by atoms with Crippen molar-refractivity contribution in [3.8, 4) is 0 Å². The molecule has 0 aliphatic heterocycles. The van der Waals surface area contributed by atoms with Crippen LogP contribution in [-0.2, 0) is 0 Å². The van der Waals surface area contributed by atoms with Crippen LogP contribution in [0.2, 0.25) is 0 Å². The topological polar surface area (TPSA) is 81.2 Å². The van der Waals surface area contributed by atoms with Gasteiger partial charge in [-0.25, -0.2) is 4.98 Å². The van der Waals surface area contributed by atoms with Crippen molar-refractivity contribution in [2.45, 2.75) is 19.9 Å². The molecule has 1 unspecified atom stereocenters. The molecule has 1 aromatic heterocycles. The highest BCUT2D eigenvalue weighted by molar-refractivity contribution is 5.49. The molecular formula is C12H13N3O3. The SMILES string of the molecule is Cc1cnc(C(C)Nc2ccc([N+](=O)[O-])cc2)o1. The normalized spacial score (nSPS) is 12.1. The maximum atomic E-state index is 10.5. The van der Waals surface area contributed by atoms with E-state index in [0.717, 1.165) is 11.4 Å². The lowest BCUT2D eigenvalue weighted by Crippen LogP contribution is -2.06. The van der Waals surface area contributed by atoms with Crippen molar-refractivity contribution in [2.75, 3.05) is 5.32 Å². The first-order valence-electron chi connectivity index (χ1n) is 5.49. The van der Waals surface area contributed by atoms with Crippen LogP contribution in [0.5, 0.6) is 0 Å². The van der Waals surface area contributed by atoms with Gasteiger partial charge < -0.3 is 9.73 Å². The Labute approximate surface area is 104 Å². The Balaban J connectivity index is 2.07. The number of non-ortho nitro benzene ring substituents is 1. The Bertz CT molecular complexity index is 548. The van der Waals surface area contributed by atoms with E-state index in [2.05, 4.69) is 10.3 Å². The van der Waals surface area contributed by atoms with Gasteiger partial charge in [-0.15, -0.1) is 0 Å². The van der Waals surface area contributed by atoms with Crippen molar-refractivity contribution >= 4 is 11.4 Å². The van der Waals surface area contributed by atoms with E-state index < -0.39 is 4.92 Å². The third-order valence-electron chi connectivity index (χ3n) is 2.47. The van der Waals surface area contributed by atoms with E-state index >= 15 is 0 Å². The van der Waals surface area contributed by atoms with Gasteiger partial charge in [0.2, 0.25) is 5.89 Å². The Morgan fingerprint density at radius 2 is 2.06 bits per heavy atom. The lowest BCUT2D eigenvalue weighted by atomic mass is 10.2. The summed E-state index contributed by atoms with van der Waals surface area (Å²) in [7, 11) is 0. The fraction of sp³-hybridized carbons (Fsp3) is 0.250. The molecule has 18 heavy (non-hydrogen) atoms. The zero-order valence-corrected chi connectivity index (χ0v) is 10.1. The van der Waals surface area contributed by atoms with Gasteiger partial charge in [0.1, 0.15) is 11.8 Å². The summed E-state index contributed by atoms with van der Waals surface area (Å²) < 4.78 is 5.40. The number of nitrogens with one attached hydrogen (secondary N) is 1. The van der Waals surface area contributed by atoms with Gasteiger partial charge in [0.15, 0.2) is 0 Å². The molecule has 1 atom stereocenters. The molecule has 0 bridgehead atoms. The molecule has 0 amide bonds. The monoisotopic (exact) mass is 247 g/mol. The van der Waals surface area contributed by atoms with Crippen molar-refractivity contribution in [3.05, 3.63) is 52.2 Å². The molecule has 0 saturated carbocycles. The number of nitrogens with zero attached hydrogens (tertiary/aromatic N) is 2. The largest absolute Gasteiger partial charge is 0.444 e. The third-order valence-corrected chi connectivity index (χ3v) is 2.47. The molecule has 6 heteroatoms. The molecule has 1 aromatic carbocycles. The Morgan fingerprint density at radius 3 is 2.56 bits per heavy atom. The van der Waals surface area contributed by atoms with Gasteiger partial charge in [-0.2, -0.15) is 0 Å². The molecule has 0 fully saturated rings. The summed E-state index contributed by atoms with van der Waals surface area (Å²) >= 11 is 0. The summed E-state index contributed by atoms with van der Waals surface area (Å²) in [6, 6.07) is 6.13. The fourth-order valence-corrected chi connectivity index (χ4v) is 1.56. The summed E-state index contributed by atoms with van der Waals surface area (Å²) in [6.45, 7) is 3.74. The van der Waals surface area contributed by atoms with E-state index in [1.807, 2.05) is 13.8 Å². The van der Waals surface area contributed by atoms with Crippen LogP contribution in [0.3, 0.4) is 0 Å². The van der Waals surface area contributed by atoms with Crippen LogP contribution in [0.25, 0.3) is 0 Å². The molecule has 0 spiro atoms. The second-order valence-corrected chi connectivity index (χ2v) is 3.98. The number of hydrogen-bond acceptors (Lipinski definition) is 5. The van der Waals surface area contributed by atoms with E-state index in [4.69, 9.17) is 4.42 Å². The molecule has 6 nitrogen and oxygen atoms in total. The minimum absolute atomic E-state index is 0.0696. The van der Waals surface area contributed by atoms with Crippen LogP contribution >= 0.6 is 0 Å². The molecule has 1 N–H and O–H groups in total. The van der Waals surface area contributed by atoms with Gasteiger partial charge in [0.05, 0.1) is 11.1 Å². The summed E-state index contributed by atoms with van der Waals surface area (Å²) in [5, 5.41) is 13.7. The second kappa shape index (κ2) is 4.87. The molecule has 94 valence electrons. The number of nitro benzene ring substituents is 1. The molecule has 0 aliphatic carbocycles. The van der Waals surface area contributed by atoms with Gasteiger partial charge in [-0.05, 0) is 26.0 Å². The lowest BCUT2D eigenvalue weighted by molar-refractivity contribution is -0.384. The maximum Gasteiger partial charge on any atom is 0.269 e. The third kappa shape index (κ3) is 2.65. The van der Waals surface area contributed by atoms with Gasteiger partial charge in [-0.1, -0.05) is 0 Å². The van der Waals surface area contributed by atoms with Crippen molar-refractivity contribution in [1.82, 2.24) is 4.98 Å². The Hall–Kier alpha value is -2.37. The van der Waals surface area contributed by atoms with Crippen LogP contribution in [0, 0.1) is 17.0 Å². The molecule has 0 radical (unpaired) electrons. The van der Waals surface area contributed by atoms with E-state index in [9.17, 15) is 10.1 Å². The first-order chi connectivity index (χ1) is 8.56. The number of rotatable bonds is 4. The van der Waals surface area contributed by atoms with Crippen LogP contribution in [0.1, 0.15) is 24.6 Å². The zero-order valence-electron chi connectivity index (χ0n) is 10.1. The molecule has 0 aliphatic rings. The average molecular weight is 247 g/mol. The zero-order chi connectivity index (χ0) is 13.1. The van der Waals surface area contributed by atoms with Crippen LogP contribution in [0.15, 0.2) is 34.9 Å². The first-order valence-corrected chi connectivity index (χ1v) is 5.49. The summed E-state index contributed by atoms with van der Waals surface area (Å²) in [5.41, 5.74) is 0.851. The van der Waals surface area contributed by atoms with Crippen molar-refractivity contribution in [1.29, 1.82) is 0 Å². The van der Waals surface area contributed by atoms with Gasteiger partial charge in [0, 0.05) is 17.8 Å². The number of anilines is 1. The quantitative estimate of drug-likeness (QED) is 0.663. The minimum atomic E-state index is -0.426. The molecule has 0 saturated heterocycles. The van der Waals surface area contributed by atoms with E-state index in [-0.39, 0.29) is 11.7 Å². The number of hydrogen-bond donors (Lipinski definition) is 1. The lowest BCUT2D eigenvalue weighted by Gasteiger charge is -2.11. The highest BCUT2D eigenvalue weighted by atomic mass is 16.6. The second-order valence-electron chi connectivity index (χ2n) is 3.98. The highest BCUT2D eigenvalue weighted by Gasteiger charge is 2.11. The van der Waals surface area contributed by atoms with Crippen LogP contribution in [0.4, 0.5) is 11.4 Å². The van der Waals surface area contributed by atoms with Crippen LogP contribution < -0.4 is 5.32 Å². The fourth-order valence-electron chi connectivity index (χ4n) is 1.56. The van der Waals surface area contributed by atoms with Crippen molar-refractivity contribution in [2.24, 2.45) is 0 Å². The standard InChI is InChI=1S/C12H13N3O3/c1-8-7-13-12(18-8)9(2)14-10-3-5-11(6-4-10)15(16)17/h3-7,9,14H,1-2H3. The molecule has 1 heterocycles. The summed E-state index contributed by atoms with van der Waals surface area (Å²) in [5.74, 6) is 1.34. The number of oxazole rings is 1.